The molecule has 0 amide bonds. The maximum Gasteiger partial charge on any atom is 0.145 e. The van der Waals surface area contributed by atoms with E-state index in [1.165, 1.54) is 17.0 Å². The van der Waals surface area contributed by atoms with E-state index in [1.54, 1.807) is 17.4 Å². The van der Waals surface area contributed by atoms with Crippen LogP contribution in [0, 0.1) is 5.82 Å². The molecule has 0 fully saturated rings. The van der Waals surface area contributed by atoms with Gasteiger partial charge in [0.15, 0.2) is 0 Å². The molecule has 0 radical (unpaired) electrons. The van der Waals surface area contributed by atoms with Crippen molar-refractivity contribution in [2.45, 2.75) is 6.42 Å². The highest BCUT2D eigenvalue weighted by Gasteiger charge is 2.01. The van der Waals surface area contributed by atoms with Crippen LogP contribution in [0.3, 0.4) is 0 Å². The van der Waals surface area contributed by atoms with Crippen LogP contribution in [0.25, 0.3) is 0 Å². The molecular formula is C14H15ClFNOS. The number of hydrogen-bond acceptors (Lipinski definition) is 3. The zero-order chi connectivity index (χ0) is 13.5. The zero-order valence-electron chi connectivity index (χ0n) is 10.4. The third kappa shape index (κ3) is 4.82. The summed E-state index contributed by atoms with van der Waals surface area (Å²) in [4.78, 5) is 1.37. The van der Waals surface area contributed by atoms with E-state index >= 15 is 0 Å². The quantitative estimate of drug-likeness (QED) is 0.786. The van der Waals surface area contributed by atoms with Crippen molar-refractivity contribution < 1.29 is 9.13 Å². The fraction of sp³-hybridized carbons (Fsp3) is 0.286. The van der Waals surface area contributed by atoms with Crippen LogP contribution in [-0.4, -0.2) is 19.7 Å². The van der Waals surface area contributed by atoms with Gasteiger partial charge in [0.2, 0.25) is 0 Å². The van der Waals surface area contributed by atoms with Crippen molar-refractivity contribution in [2.24, 2.45) is 0 Å². The molecule has 0 saturated carbocycles. The highest BCUT2D eigenvalue weighted by molar-refractivity contribution is 7.09. The van der Waals surface area contributed by atoms with E-state index in [1.807, 2.05) is 0 Å². The highest BCUT2D eigenvalue weighted by Crippen LogP contribution is 2.20. The summed E-state index contributed by atoms with van der Waals surface area (Å²) in [5, 5.41) is 5.47. The first-order valence-electron chi connectivity index (χ1n) is 6.06. The van der Waals surface area contributed by atoms with Gasteiger partial charge in [0.1, 0.15) is 18.2 Å². The van der Waals surface area contributed by atoms with Crippen molar-refractivity contribution in [3.63, 3.8) is 0 Å². The molecule has 1 N–H and O–H groups in total. The minimum absolute atomic E-state index is 0.112. The summed E-state index contributed by atoms with van der Waals surface area (Å²) in [6, 6.07) is 8.64. The predicted molar refractivity (Wildman–Crippen MR) is 77.8 cm³/mol. The molecule has 0 spiro atoms. The van der Waals surface area contributed by atoms with Crippen molar-refractivity contribution in [2.75, 3.05) is 19.7 Å². The van der Waals surface area contributed by atoms with Gasteiger partial charge in [0.25, 0.3) is 0 Å². The first kappa shape index (κ1) is 14.3. The molecule has 2 aromatic rings. The number of nitrogens with one attached hydrogen (secondary N) is 1. The molecule has 5 heteroatoms. The molecule has 0 atom stereocenters. The van der Waals surface area contributed by atoms with Crippen LogP contribution in [0.4, 0.5) is 4.39 Å². The van der Waals surface area contributed by atoms with Crippen molar-refractivity contribution >= 4 is 22.9 Å². The normalized spacial score (nSPS) is 10.6. The lowest BCUT2D eigenvalue weighted by molar-refractivity contribution is 0.313. The van der Waals surface area contributed by atoms with E-state index in [0.717, 1.165) is 19.5 Å². The Morgan fingerprint density at radius 3 is 2.89 bits per heavy atom. The van der Waals surface area contributed by atoms with Crippen molar-refractivity contribution in [3.05, 3.63) is 51.4 Å². The van der Waals surface area contributed by atoms with Crippen molar-refractivity contribution in [3.8, 4) is 5.75 Å². The average Bonchev–Trinajstić information content (AvgIpc) is 2.91. The van der Waals surface area contributed by atoms with Crippen LogP contribution in [0.1, 0.15) is 4.88 Å². The number of ether oxygens (including phenoxy) is 1. The Labute approximate surface area is 121 Å². The Bertz CT molecular complexity index is 504. The van der Waals surface area contributed by atoms with Gasteiger partial charge < -0.3 is 10.1 Å². The largest absolute Gasteiger partial charge is 0.492 e. The van der Waals surface area contributed by atoms with E-state index < -0.39 is 5.82 Å². The number of benzene rings is 1. The van der Waals surface area contributed by atoms with Gasteiger partial charge in [0, 0.05) is 24.0 Å². The fourth-order valence-electron chi connectivity index (χ4n) is 1.60. The molecule has 1 aromatic carbocycles. The van der Waals surface area contributed by atoms with Gasteiger partial charge in [-0.1, -0.05) is 17.7 Å². The van der Waals surface area contributed by atoms with Gasteiger partial charge >= 0.3 is 0 Å². The lowest BCUT2D eigenvalue weighted by Gasteiger charge is -2.07. The lowest BCUT2D eigenvalue weighted by Crippen LogP contribution is -2.23. The van der Waals surface area contributed by atoms with E-state index in [2.05, 4.69) is 22.8 Å². The SMILES string of the molecule is Fc1cc(OCCNCCc2cccs2)ccc1Cl. The van der Waals surface area contributed by atoms with Gasteiger partial charge in [-0.25, -0.2) is 4.39 Å². The summed E-state index contributed by atoms with van der Waals surface area (Å²) in [5.74, 6) is 0.0479. The lowest BCUT2D eigenvalue weighted by atomic mass is 10.3. The predicted octanol–water partition coefficient (Wildman–Crippen LogP) is 3.75. The topological polar surface area (TPSA) is 21.3 Å². The molecular weight excluding hydrogens is 285 g/mol. The molecule has 0 saturated heterocycles. The second-order valence-corrected chi connectivity index (χ2v) is 5.44. The maximum absolute atomic E-state index is 13.1. The van der Waals surface area contributed by atoms with Crippen molar-refractivity contribution in [1.82, 2.24) is 5.32 Å². The van der Waals surface area contributed by atoms with Gasteiger partial charge in [0.05, 0.1) is 5.02 Å². The molecule has 0 aliphatic carbocycles. The molecule has 2 nitrogen and oxygen atoms in total. The molecule has 0 aliphatic heterocycles. The molecule has 1 aromatic heterocycles. The van der Waals surface area contributed by atoms with Gasteiger partial charge in [-0.2, -0.15) is 0 Å². The van der Waals surface area contributed by atoms with Crippen LogP contribution in [0.15, 0.2) is 35.7 Å². The zero-order valence-corrected chi connectivity index (χ0v) is 11.9. The molecule has 0 aliphatic rings. The minimum Gasteiger partial charge on any atom is -0.492 e. The second kappa shape index (κ2) is 7.48. The Hall–Kier alpha value is -1.10. The Balaban J connectivity index is 1.60. The number of thiophene rings is 1. The minimum atomic E-state index is -0.454. The summed E-state index contributed by atoms with van der Waals surface area (Å²) in [7, 11) is 0. The maximum atomic E-state index is 13.1. The summed E-state index contributed by atoms with van der Waals surface area (Å²) in [5.41, 5.74) is 0. The number of hydrogen-bond donors (Lipinski definition) is 1. The molecule has 0 bridgehead atoms. The second-order valence-electron chi connectivity index (χ2n) is 4.00. The Morgan fingerprint density at radius 2 is 2.16 bits per heavy atom. The van der Waals surface area contributed by atoms with Gasteiger partial charge in [-0.15, -0.1) is 11.3 Å². The van der Waals surface area contributed by atoms with Crippen LogP contribution in [0.2, 0.25) is 5.02 Å². The van der Waals surface area contributed by atoms with Crippen LogP contribution >= 0.6 is 22.9 Å². The van der Waals surface area contributed by atoms with Crippen molar-refractivity contribution in [1.29, 1.82) is 0 Å². The monoisotopic (exact) mass is 299 g/mol. The third-order valence-electron chi connectivity index (χ3n) is 2.57. The summed E-state index contributed by atoms with van der Waals surface area (Å²) < 4.78 is 18.6. The number of rotatable bonds is 7. The average molecular weight is 300 g/mol. The van der Waals surface area contributed by atoms with Gasteiger partial charge in [-0.05, 0) is 30.0 Å². The van der Waals surface area contributed by atoms with Crippen LogP contribution in [-0.2, 0) is 6.42 Å². The van der Waals surface area contributed by atoms with Gasteiger partial charge in [-0.3, -0.25) is 0 Å². The van der Waals surface area contributed by atoms with Crippen LogP contribution in [0.5, 0.6) is 5.75 Å². The highest BCUT2D eigenvalue weighted by atomic mass is 35.5. The molecule has 102 valence electrons. The first-order valence-corrected chi connectivity index (χ1v) is 7.32. The molecule has 0 unspecified atom stereocenters. The number of halogens is 2. The van der Waals surface area contributed by atoms with E-state index in [4.69, 9.17) is 16.3 Å². The van der Waals surface area contributed by atoms with Crippen LogP contribution < -0.4 is 10.1 Å². The summed E-state index contributed by atoms with van der Waals surface area (Å²) >= 11 is 7.35. The fourth-order valence-corrected chi connectivity index (χ4v) is 2.43. The summed E-state index contributed by atoms with van der Waals surface area (Å²) in [6.07, 6.45) is 1.02. The van der Waals surface area contributed by atoms with E-state index in [9.17, 15) is 4.39 Å². The summed E-state index contributed by atoms with van der Waals surface area (Å²) in [6.45, 7) is 2.15. The molecule has 19 heavy (non-hydrogen) atoms. The Kier molecular flexibility index (Phi) is 5.63. The molecule has 2 rings (SSSR count). The Morgan fingerprint density at radius 1 is 1.26 bits per heavy atom. The van der Waals surface area contributed by atoms with E-state index in [0.29, 0.717) is 12.4 Å². The third-order valence-corrected chi connectivity index (χ3v) is 3.81. The smallest absolute Gasteiger partial charge is 0.145 e. The molecule has 1 heterocycles. The first-order chi connectivity index (χ1) is 9.25. The standard InChI is InChI=1S/C14H15ClFNOS/c15-13-4-3-11(10-14(13)16)18-8-7-17-6-5-12-2-1-9-19-12/h1-4,9-10,17H,5-8H2. The van der Waals surface area contributed by atoms with E-state index in [-0.39, 0.29) is 5.02 Å².